The number of hydrogen-bond donors (Lipinski definition) is 1. The van der Waals surface area contributed by atoms with Gasteiger partial charge in [0, 0.05) is 37.6 Å². The Morgan fingerprint density at radius 1 is 1.37 bits per heavy atom. The van der Waals surface area contributed by atoms with E-state index in [-0.39, 0.29) is 6.61 Å². The van der Waals surface area contributed by atoms with Crippen LogP contribution in [0.4, 0.5) is 0 Å². The molecule has 1 aliphatic heterocycles. The number of rotatable bonds is 4. The smallest absolute Gasteiger partial charge is 0.244 e. The Kier molecular flexibility index (Phi) is 5.02. The predicted octanol–water partition coefficient (Wildman–Crippen LogP) is 1.12. The molecule has 2 heterocycles. The highest BCUT2D eigenvalue weighted by Gasteiger charge is 2.30. The van der Waals surface area contributed by atoms with Gasteiger partial charge in [-0.1, -0.05) is 0 Å². The second-order valence-electron chi connectivity index (χ2n) is 4.44. The summed E-state index contributed by atoms with van der Waals surface area (Å²) in [7, 11) is -3.39. The van der Waals surface area contributed by atoms with Crippen molar-refractivity contribution in [1.82, 2.24) is 9.21 Å². The molecule has 0 aromatic carbocycles. The van der Waals surface area contributed by atoms with Gasteiger partial charge in [0.1, 0.15) is 0 Å². The number of thiophene rings is 1. The monoisotopic (exact) mass is 368 g/mol. The Labute approximate surface area is 126 Å². The van der Waals surface area contributed by atoms with Crippen molar-refractivity contribution in [3.05, 3.63) is 14.7 Å². The summed E-state index contributed by atoms with van der Waals surface area (Å²) in [6.07, 6.45) is 0. The molecular formula is C11H17BrN2O3S2. The summed E-state index contributed by atoms with van der Waals surface area (Å²) >= 11 is 4.77. The number of β-amino-alcohol motifs (C(OH)–C–C–N with tert-alkyl or cyclic N) is 1. The van der Waals surface area contributed by atoms with Gasteiger partial charge in [0.15, 0.2) is 0 Å². The van der Waals surface area contributed by atoms with Gasteiger partial charge in [-0.15, -0.1) is 11.3 Å². The van der Waals surface area contributed by atoms with Gasteiger partial charge in [-0.25, -0.2) is 8.42 Å². The number of sulfonamides is 1. The van der Waals surface area contributed by atoms with Gasteiger partial charge in [-0.2, -0.15) is 4.31 Å². The van der Waals surface area contributed by atoms with E-state index >= 15 is 0 Å². The molecule has 19 heavy (non-hydrogen) atoms. The summed E-state index contributed by atoms with van der Waals surface area (Å²) in [5.41, 5.74) is 0. The summed E-state index contributed by atoms with van der Waals surface area (Å²) in [5, 5.41) is 8.88. The molecule has 0 amide bonds. The molecule has 1 aromatic heterocycles. The van der Waals surface area contributed by atoms with Crippen molar-refractivity contribution in [2.24, 2.45) is 0 Å². The molecule has 0 bridgehead atoms. The largest absolute Gasteiger partial charge is 0.395 e. The standard InChI is InChI=1S/C11H17BrN2O3S2/c1-9-10(8-11(12)18-9)19(16,17)14-4-2-13(3-5-14)6-7-15/h8,15H,2-7H2,1H3. The first-order valence-electron chi connectivity index (χ1n) is 6.04. The normalized spacial score (nSPS) is 18.9. The average molecular weight is 369 g/mol. The lowest BCUT2D eigenvalue weighted by Crippen LogP contribution is -2.49. The first kappa shape index (κ1) is 15.4. The van der Waals surface area contributed by atoms with E-state index in [1.54, 1.807) is 6.07 Å². The molecule has 2 rings (SSSR count). The molecule has 1 fully saturated rings. The number of aliphatic hydroxyl groups excluding tert-OH is 1. The van der Waals surface area contributed by atoms with E-state index in [2.05, 4.69) is 20.8 Å². The van der Waals surface area contributed by atoms with Crippen molar-refractivity contribution in [2.75, 3.05) is 39.3 Å². The van der Waals surface area contributed by atoms with Crippen LogP contribution in [-0.2, 0) is 10.0 Å². The lowest BCUT2D eigenvalue weighted by molar-refractivity contribution is 0.151. The van der Waals surface area contributed by atoms with Crippen LogP contribution < -0.4 is 0 Å². The summed E-state index contributed by atoms with van der Waals surface area (Å²) < 4.78 is 27.4. The summed E-state index contributed by atoms with van der Waals surface area (Å²) in [5.74, 6) is 0. The van der Waals surface area contributed by atoms with Crippen LogP contribution >= 0.6 is 27.3 Å². The molecule has 1 aliphatic rings. The van der Waals surface area contributed by atoms with Crippen LogP contribution in [-0.4, -0.2) is 62.1 Å². The molecule has 108 valence electrons. The van der Waals surface area contributed by atoms with Crippen LogP contribution in [0.2, 0.25) is 0 Å². The molecule has 1 N–H and O–H groups in total. The number of halogens is 1. The SMILES string of the molecule is Cc1sc(Br)cc1S(=O)(=O)N1CCN(CCO)CC1. The summed E-state index contributed by atoms with van der Waals surface area (Å²) in [6, 6.07) is 1.68. The van der Waals surface area contributed by atoms with E-state index in [1.165, 1.54) is 15.6 Å². The van der Waals surface area contributed by atoms with Crippen LogP contribution in [0.15, 0.2) is 14.7 Å². The topological polar surface area (TPSA) is 60.9 Å². The maximum atomic E-state index is 12.5. The number of nitrogens with zero attached hydrogens (tertiary/aromatic N) is 2. The average Bonchev–Trinajstić information content (AvgIpc) is 2.70. The maximum absolute atomic E-state index is 12.5. The van der Waals surface area contributed by atoms with E-state index in [0.717, 1.165) is 8.66 Å². The van der Waals surface area contributed by atoms with Crippen molar-refractivity contribution < 1.29 is 13.5 Å². The molecule has 0 spiro atoms. The Hall–Kier alpha value is 0.01000. The van der Waals surface area contributed by atoms with Crippen LogP contribution in [0, 0.1) is 6.92 Å². The zero-order valence-electron chi connectivity index (χ0n) is 10.7. The molecule has 8 heteroatoms. The fraction of sp³-hybridized carbons (Fsp3) is 0.636. The molecule has 0 atom stereocenters. The van der Waals surface area contributed by atoms with Gasteiger partial charge in [-0.05, 0) is 28.9 Å². The lowest BCUT2D eigenvalue weighted by Gasteiger charge is -2.33. The third-order valence-electron chi connectivity index (χ3n) is 3.21. The quantitative estimate of drug-likeness (QED) is 0.864. The van der Waals surface area contributed by atoms with E-state index in [0.29, 0.717) is 37.6 Å². The highest BCUT2D eigenvalue weighted by Crippen LogP contribution is 2.31. The maximum Gasteiger partial charge on any atom is 0.244 e. The Bertz CT molecular complexity index is 536. The zero-order chi connectivity index (χ0) is 14.0. The Balaban J connectivity index is 2.12. The molecule has 0 radical (unpaired) electrons. The van der Waals surface area contributed by atoms with Gasteiger partial charge in [-0.3, -0.25) is 4.90 Å². The number of aryl methyl sites for hydroxylation is 1. The summed E-state index contributed by atoms with van der Waals surface area (Å²) in [6.45, 7) is 4.85. The minimum atomic E-state index is -3.39. The zero-order valence-corrected chi connectivity index (χ0v) is 13.9. The van der Waals surface area contributed by atoms with E-state index in [4.69, 9.17) is 5.11 Å². The van der Waals surface area contributed by atoms with E-state index in [1.807, 2.05) is 6.92 Å². The predicted molar refractivity (Wildman–Crippen MR) is 79.0 cm³/mol. The minimum Gasteiger partial charge on any atom is -0.395 e. The van der Waals surface area contributed by atoms with Crippen molar-refractivity contribution in [3.8, 4) is 0 Å². The number of piperazine rings is 1. The third-order valence-corrected chi connectivity index (χ3v) is 6.91. The molecule has 1 aromatic rings. The van der Waals surface area contributed by atoms with E-state index in [9.17, 15) is 8.42 Å². The Morgan fingerprint density at radius 2 is 2.00 bits per heavy atom. The van der Waals surface area contributed by atoms with Crippen molar-refractivity contribution in [2.45, 2.75) is 11.8 Å². The molecule has 1 saturated heterocycles. The first-order chi connectivity index (χ1) is 8.95. The highest BCUT2D eigenvalue weighted by atomic mass is 79.9. The van der Waals surface area contributed by atoms with Crippen molar-refractivity contribution in [1.29, 1.82) is 0 Å². The molecule has 5 nitrogen and oxygen atoms in total. The molecule has 0 saturated carbocycles. The molecule has 0 aliphatic carbocycles. The van der Waals surface area contributed by atoms with Crippen LogP contribution in [0.3, 0.4) is 0 Å². The second kappa shape index (κ2) is 6.19. The second-order valence-corrected chi connectivity index (χ2v) is 8.98. The first-order valence-corrected chi connectivity index (χ1v) is 9.09. The van der Waals surface area contributed by atoms with Crippen molar-refractivity contribution in [3.63, 3.8) is 0 Å². The van der Waals surface area contributed by atoms with Gasteiger partial charge in [0.25, 0.3) is 0 Å². The summed E-state index contributed by atoms with van der Waals surface area (Å²) in [4.78, 5) is 3.28. The van der Waals surface area contributed by atoms with Gasteiger partial charge in [0.2, 0.25) is 10.0 Å². The van der Waals surface area contributed by atoms with Gasteiger partial charge >= 0.3 is 0 Å². The fourth-order valence-corrected chi connectivity index (χ4v) is 5.97. The van der Waals surface area contributed by atoms with Gasteiger partial charge in [0.05, 0.1) is 15.3 Å². The van der Waals surface area contributed by atoms with Crippen LogP contribution in [0.1, 0.15) is 4.88 Å². The highest BCUT2D eigenvalue weighted by molar-refractivity contribution is 9.11. The van der Waals surface area contributed by atoms with Crippen molar-refractivity contribution >= 4 is 37.3 Å². The lowest BCUT2D eigenvalue weighted by atomic mass is 10.4. The van der Waals surface area contributed by atoms with E-state index < -0.39 is 10.0 Å². The molecular weight excluding hydrogens is 352 g/mol. The number of aliphatic hydroxyl groups is 1. The van der Waals surface area contributed by atoms with Gasteiger partial charge < -0.3 is 5.11 Å². The number of hydrogen-bond acceptors (Lipinski definition) is 5. The van der Waals surface area contributed by atoms with Crippen LogP contribution in [0.5, 0.6) is 0 Å². The minimum absolute atomic E-state index is 0.114. The molecule has 0 unspecified atom stereocenters. The Morgan fingerprint density at radius 3 is 2.47 bits per heavy atom. The third kappa shape index (κ3) is 3.37. The van der Waals surface area contributed by atoms with Crippen LogP contribution in [0.25, 0.3) is 0 Å². The fourth-order valence-electron chi connectivity index (χ4n) is 2.16.